The first-order valence-corrected chi connectivity index (χ1v) is 4.97. The van der Waals surface area contributed by atoms with E-state index in [4.69, 9.17) is 0 Å². The molecule has 100 valence electrons. The number of hydrogen-bond donors (Lipinski definition) is 0. The lowest BCUT2D eigenvalue weighted by Crippen LogP contribution is -2.52. The number of carbonyl (C=O) groups excluding carboxylic acids is 1. The lowest BCUT2D eigenvalue weighted by atomic mass is 10.2. The summed E-state index contributed by atoms with van der Waals surface area (Å²) in [6.07, 6.45) is -5.44. The van der Waals surface area contributed by atoms with E-state index in [-0.39, 0.29) is 19.1 Å². The van der Waals surface area contributed by atoms with Crippen molar-refractivity contribution in [2.24, 2.45) is 0 Å². The number of rotatable bonds is 2. The summed E-state index contributed by atoms with van der Waals surface area (Å²) in [6.45, 7) is -0.176. The highest BCUT2D eigenvalue weighted by Gasteiger charge is 2.65. The van der Waals surface area contributed by atoms with Gasteiger partial charge < -0.3 is 9.80 Å². The van der Waals surface area contributed by atoms with Crippen LogP contribution in [-0.4, -0.2) is 61.0 Å². The van der Waals surface area contributed by atoms with E-state index in [0.29, 0.717) is 11.3 Å². The van der Waals surface area contributed by atoms with Crippen LogP contribution in [0.4, 0.5) is 22.0 Å². The van der Waals surface area contributed by atoms with Crippen LogP contribution in [0.3, 0.4) is 0 Å². The highest BCUT2D eigenvalue weighted by molar-refractivity contribution is 5.84. The van der Waals surface area contributed by atoms with Gasteiger partial charge in [0.25, 0.3) is 0 Å². The molecule has 0 aromatic heterocycles. The highest BCUT2D eigenvalue weighted by atomic mass is 19.4. The maximum absolute atomic E-state index is 12.8. The van der Waals surface area contributed by atoms with Gasteiger partial charge in [-0.1, -0.05) is 0 Å². The van der Waals surface area contributed by atoms with Crippen LogP contribution in [-0.2, 0) is 4.79 Å². The second-order valence-corrected chi connectivity index (χ2v) is 4.23. The zero-order chi connectivity index (χ0) is 13.4. The molecule has 1 amide bonds. The Balaban J connectivity index is 2.73. The molecule has 0 aromatic rings. The fourth-order valence-electron chi connectivity index (χ4n) is 1.67. The van der Waals surface area contributed by atoms with E-state index in [2.05, 4.69) is 0 Å². The van der Waals surface area contributed by atoms with Gasteiger partial charge >= 0.3 is 18.0 Å². The van der Waals surface area contributed by atoms with Crippen molar-refractivity contribution in [1.29, 1.82) is 0 Å². The maximum atomic E-state index is 12.8. The minimum atomic E-state index is -5.83. The van der Waals surface area contributed by atoms with Crippen LogP contribution in [0.1, 0.15) is 6.42 Å². The number of amides is 1. The summed E-state index contributed by atoms with van der Waals surface area (Å²) >= 11 is 0. The summed E-state index contributed by atoms with van der Waals surface area (Å²) < 4.78 is 61.5. The first-order chi connectivity index (χ1) is 7.57. The second kappa shape index (κ2) is 4.40. The molecule has 0 bridgehead atoms. The normalized spacial score (nSPS) is 22.4. The molecule has 1 unspecified atom stereocenters. The molecule has 0 spiro atoms. The predicted molar refractivity (Wildman–Crippen MR) is 49.7 cm³/mol. The minimum Gasteiger partial charge on any atom is -0.336 e. The van der Waals surface area contributed by atoms with E-state index in [0.717, 1.165) is 0 Å². The van der Waals surface area contributed by atoms with Gasteiger partial charge in [-0.2, -0.15) is 22.0 Å². The fourth-order valence-corrected chi connectivity index (χ4v) is 1.67. The molecule has 0 radical (unpaired) electrons. The van der Waals surface area contributed by atoms with Crippen LogP contribution < -0.4 is 0 Å². The smallest absolute Gasteiger partial charge is 0.336 e. The van der Waals surface area contributed by atoms with Gasteiger partial charge in [-0.15, -0.1) is 0 Å². The lowest BCUT2D eigenvalue weighted by Gasteiger charge is -2.25. The van der Waals surface area contributed by atoms with E-state index >= 15 is 0 Å². The lowest BCUT2D eigenvalue weighted by molar-refractivity contribution is -0.274. The van der Waals surface area contributed by atoms with Crippen molar-refractivity contribution in [2.75, 3.05) is 27.2 Å². The Morgan fingerprint density at radius 1 is 1.24 bits per heavy atom. The molecular formula is C9H13F5N2O. The maximum Gasteiger partial charge on any atom is 0.463 e. The van der Waals surface area contributed by atoms with Gasteiger partial charge in [-0.05, 0) is 20.5 Å². The van der Waals surface area contributed by atoms with Crippen LogP contribution in [0.2, 0.25) is 0 Å². The Hall–Kier alpha value is -0.920. The standard InChI is InChI=1S/C9H13F5N2O/c1-15(2)6-3-4-16(5-6)7(17)8(10,11)9(12,13)14/h6H,3-5H2,1-2H3. The Bertz CT molecular complexity index is 302. The molecule has 17 heavy (non-hydrogen) atoms. The number of halogens is 5. The van der Waals surface area contributed by atoms with Crippen LogP contribution >= 0.6 is 0 Å². The SMILES string of the molecule is CN(C)C1CCN(C(=O)C(F)(F)C(F)(F)F)C1. The molecule has 1 atom stereocenters. The molecular weight excluding hydrogens is 247 g/mol. The number of carbonyl (C=O) groups is 1. The van der Waals surface area contributed by atoms with E-state index in [1.807, 2.05) is 0 Å². The highest BCUT2D eigenvalue weighted by Crippen LogP contribution is 2.37. The average molecular weight is 260 g/mol. The van der Waals surface area contributed by atoms with Crippen LogP contribution in [0.15, 0.2) is 0 Å². The molecule has 0 aliphatic carbocycles. The molecule has 1 saturated heterocycles. The zero-order valence-electron chi connectivity index (χ0n) is 9.39. The zero-order valence-corrected chi connectivity index (χ0v) is 9.39. The molecule has 1 fully saturated rings. The van der Waals surface area contributed by atoms with Gasteiger partial charge in [0.1, 0.15) is 0 Å². The van der Waals surface area contributed by atoms with Gasteiger partial charge in [0.05, 0.1) is 0 Å². The summed E-state index contributed by atoms with van der Waals surface area (Å²) in [4.78, 5) is 13.4. The third-order valence-corrected chi connectivity index (χ3v) is 2.81. The predicted octanol–water partition coefficient (Wildman–Crippen LogP) is 1.35. The third kappa shape index (κ3) is 2.67. The van der Waals surface area contributed by atoms with Gasteiger partial charge in [0.2, 0.25) is 0 Å². The number of alkyl halides is 5. The Morgan fingerprint density at radius 2 is 1.76 bits per heavy atom. The topological polar surface area (TPSA) is 23.6 Å². The molecule has 3 nitrogen and oxygen atoms in total. The monoisotopic (exact) mass is 260 g/mol. The summed E-state index contributed by atoms with van der Waals surface area (Å²) in [6, 6.07) is -0.178. The van der Waals surface area contributed by atoms with Crippen LogP contribution in [0.25, 0.3) is 0 Å². The van der Waals surface area contributed by atoms with Gasteiger partial charge in [0, 0.05) is 19.1 Å². The summed E-state index contributed by atoms with van der Waals surface area (Å²) in [7, 11) is 3.36. The Kier molecular flexibility index (Phi) is 3.66. The first-order valence-electron chi connectivity index (χ1n) is 4.97. The van der Waals surface area contributed by atoms with Crippen molar-refractivity contribution in [3.05, 3.63) is 0 Å². The third-order valence-electron chi connectivity index (χ3n) is 2.81. The van der Waals surface area contributed by atoms with Crippen molar-refractivity contribution in [3.8, 4) is 0 Å². The fraction of sp³-hybridized carbons (Fsp3) is 0.889. The number of hydrogen-bond acceptors (Lipinski definition) is 2. The second-order valence-electron chi connectivity index (χ2n) is 4.23. The molecule has 0 N–H and O–H groups in total. The average Bonchev–Trinajstić information content (AvgIpc) is 2.63. The van der Waals surface area contributed by atoms with Crippen molar-refractivity contribution in [2.45, 2.75) is 24.6 Å². The largest absolute Gasteiger partial charge is 0.463 e. The van der Waals surface area contributed by atoms with Crippen LogP contribution in [0, 0.1) is 0 Å². The quantitative estimate of drug-likeness (QED) is 0.700. The summed E-state index contributed by atoms with van der Waals surface area (Å²) in [5, 5.41) is 0. The summed E-state index contributed by atoms with van der Waals surface area (Å²) in [5.74, 6) is -7.46. The van der Waals surface area contributed by atoms with Crippen molar-refractivity contribution >= 4 is 5.91 Å². The Labute approximate surface area is 95.2 Å². The van der Waals surface area contributed by atoms with Crippen molar-refractivity contribution in [1.82, 2.24) is 9.80 Å². The van der Waals surface area contributed by atoms with Gasteiger partial charge in [-0.3, -0.25) is 4.79 Å². The first kappa shape index (κ1) is 14.1. The summed E-state index contributed by atoms with van der Waals surface area (Å²) in [5.41, 5.74) is 0. The van der Waals surface area contributed by atoms with E-state index < -0.39 is 18.0 Å². The molecule has 1 aliphatic heterocycles. The van der Waals surface area contributed by atoms with E-state index in [1.54, 1.807) is 19.0 Å². The van der Waals surface area contributed by atoms with Crippen molar-refractivity contribution in [3.63, 3.8) is 0 Å². The molecule has 1 rings (SSSR count). The van der Waals surface area contributed by atoms with Crippen LogP contribution in [0.5, 0.6) is 0 Å². The Morgan fingerprint density at radius 3 is 2.12 bits per heavy atom. The van der Waals surface area contributed by atoms with Crippen molar-refractivity contribution < 1.29 is 26.7 Å². The van der Waals surface area contributed by atoms with Gasteiger partial charge in [-0.25, -0.2) is 0 Å². The molecule has 0 saturated carbocycles. The molecule has 1 heterocycles. The molecule has 0 aromatic carbocycles. The minimum absolute atomic E-state index is 0.0760. The van der Waals surface area contributed by atoms with E-state index in [9.17, 15) is 26.7 Å². The van der Waals surface area contributed by atoms with E-state index in [1.165, 1.54) is 0 Å². The number of nitrogens with zero attached hydrogens (tertiary/aromatic N) is 2. The number of likely N-dealkylation sites (N-methyl/N-ethyl adjacent to an activating group) is 1. The molecule has 1 aliphatic rings. The number of likely N-dealkylation sites (tertiary alicyclic amines) is 1. The molecule has 8 heteroatoms. The van der Waals surface area contributed by atoms with Gasteiger partial charge in [0.15, 0.2) is 0 Å².